The van der Waals surface area contributed by atoms with Crippen molar-refractivity contribution in [2.75, 3.05) is 5.32 Å². The van der Waals surface area contributed by atoms with E-state index in [-0.39, 0.29) is 31.1 Å². The predicted molar refractivity (Wildman–Crippen MR) is 132 cm³/mol. The number of rotatable bonds is 4. The fourth-order valence-corrected chi connectivity index (χ4v) is 6.19. The first-order valence-corrected chi connectivity index (χ1v) is 12.3. The van der Waals surface area contributed by atoms with E-state index in [0.29, 0.717) is 36.2 Å². The van der Waals surface area contributed by atoms with E-state index in [9.17, 15) is 23.1 Å². The number of alkyl halides is 3. The summed E-state index contributed by atoms with van der Waals surface area (Å²) in [6, 6.07) is 18.9. The molecular weight excluding hydrogens is 465 g/mol. The van der Waals surface area contributed by atoms with Crippen molar-refractivity contribution in [3.05, 3.63) is 94.8 Å². The predicted octanol–water partition coefficient (Wildman–Crippen LogP) is 6.16. The molecule has 36 heavy (non-hydrogen) atoms. The number of hydrogen-bond acceptors (Lipinski definition) is 3. The lowest BCUT2D eigenvalue weighted by Gasteiger charge is -2.53. The van der Waals surface area contributed by atoms with Gasteiger partial charge in [0.15, 0.2) is 5.60 Å². The molecule has 0 aliphatic heterocycles. The molecule has 1 fully saturated rings. The molecule has 0 saturated heterocycles. The van der Waals surface area contributed by atoms with Gasteiger partial charge < -0.3 is 10.4 Å². The number of fused-ring (bicyclic) bond motifs is 3. The van der Waals surface area contributed by atoms with Crippen molar-refractivity contribution in [1.82, 2.24) is 4.98 Å². The second kappa shape index (κ2) is 9.04. The smallest absolute Gasteiger partial charge is 0.380 e. The van der Waals surface area contributed by atoms with Gasteiger partial charge in [0.05, 0.1) is 11.4 Å². The highest BCUT2D eigenvalue weighted by Gasteiger charge is 2.61. The summed E-state index contributed by atoms with van der Waals surface area (Å²) in [5.41, 5.74) is 1.73. The SMILES string of the molecule is Cc1ncccc1NC(=O)c1ccc2c(c1)CCC1CC(O)(C(F)(F)F)CCC21Cc1ccccc1. The van der Waals surface area contributed by atoms with Crippen LogP contribution in [0.5, 0.6) is 0 Å². The Kier molecular flexibility index (Phi) is 6.15. The number of pyridine rings is 1. The number of hydrogen-bond donors (Lipinski definition) is 2. The van der Waals surface area contributed by atoms with Crippen molar-refractivity contribution >= 4 is 11.6 Å². The van der Waals surface area contributed by atoms with Gasteiger partial charge in [0.1, 0.15) is 0 Å². The lowest BCUT2D eigenvalue weighted by molar-refractivity contribution is -0.279. The minimum absolute atomic E-state index is 0.232. The minimum Gasteiger partial charge on any atom is -0.380 e. The summed E-state index contributed by atoms with van der Waals surface area (Å²) in [7, 11) is 0. The Balaban J connectivity index is 1.51. The molecule has 0 radical (unpaired) electrons. The van der Waals surface area contributed by atoms with E-state index in [2.05, 4.69) is 10.3 Å². The van der Waals surface area contributed by atoms with Gasteiger partial charge in [0.25, 0.3) is 5.91 Å². The van der Waals surface area contributed by atoms with Gasteiger partial charge in [-0.2, -0.15) is 13.2 Å². The molecule has 1 heterocycles. The molecule has 2 aliphatic rings. The second-order valence-corrected chi connectivity index (χ2v) is 10.3. The van der Waals surface area contributed by atoms with Crippen molar-refractivity contribution in [2.24, 2.45) is 5.92 Å². The van der Waals surface area contributed by atoms with E-state index in [4.69, 9.17) is 0 Å². The van der Waals surface area contributed by atoms with Crippen molar-refractivity contribution in [3.63, 3.8) is 0 Å². The van der Waals surface area contributed by atoms with Crippen LogP contribution in [0, 0.1) is 12.8 Å². The van der Waals surface area contributed by atoms with Gasteiger partial charge in [-0.25, -0.2) is 0 Å². The van der Waals surface area contributed by atoms with Gasteiger partial charge >= 0.3 is 6.18 Å². The number of nitrogens with one attached hydrogen (secondary N) is 1. The molecule has 0 spiro atoms. The number of aryl methyl sites for hydroxylation is 2. The van der Waals surface area contributed by atoms with Crippen LogP contribution in [-0.2, 0) is 18.3 Å². The molecule has 0 bridgehead atoms. The maximum absolute atomic E-state index is 13.8. The minimum atomic E-state index is -4.65. The molecular formula is C29H29F3N2O2. The number of amides is 1. The van der Waals surface area contributed by atoms with Crippen molar-refractivity contribution in [1.29, 1.82) is 0 Å². The normalized spacial score (nSPS) is 25.5. The van der Waals surface area contributed by atoms with E-state index in [1.54, 1.807) is 24.4 Å². The Morgan fingerprint density at radius 3 is 2.61 bits per heavy atom. The molecule has 2 aromatic carbocycles. The van der Waals surface area contributed by atoms with Crippen LogP contribution in [0.15, 0.2) is 66.9 Å². The van der Waals surface area contributed by atoms with Crippen LogP contribution >= 0.6 is 0 Å². The zero-order chi connectivity index (χ0) is 25.6. The van der Waals surface area contributed by atoms with Crippen LogP contribution < -0.4 is 5.32 Å². The van der Waals surface area contributed by atoms with E-state index < -0.39 is 17.2 Å². The molecule has 5 rings (SSSR count). The van der Waals surface area contributed by atoms with Gasteiger partial charge in [-0.15, -0.1) is 0 Å². The quantitative estimate of drug-likeness (QED) is 0.457. The fourth-order valence-electron chi connectivity index (χ4n) is 6.19. The van der Waals surface area contributed by atoms with Gasteiger partial charge in [-0.3, -0.25) is 9.78 Å². The van der Waals surface area contributed by atoms with Crippen LogP contribution in [-0.4, -0.2) is 27.8 Å². The molecule has 188 valence electrons. The first-order valence-electron chi connectivity index (χ1n) is 12.3. The summed E-state index contributed by atoms with van der Waals surface area (Å²) in [5, 5.41) is 13.5. The van der Waals surface area contributed by atoms with E-state index in [1.165, 1.54) is 0 Å². The maximum Gasteiger partial charge on any atom is 0.417 e. The topological polar surface area (TPSA) is 62.2 Å². The average molecular weight is 495 g/mol. The first-order chi connectivity index (χ1) is 17.1. The fraction of sp³-hybridized carbons (Fsp3) is 0.379. The van der Waals surface area contributed by atoms with E-state index >= 15 is 0 Å². The highest BCUT2D eigenvalue weighted by atomic mass is 19.4. The van der Waals surface area contributed by atoms with E-state index in [0.717, 1.165) is 16.7 Å². The van der Waals surface area contributed by atoms with Crippen LogP contribution in [0.1, 0.15) is 58.4 Å². The van der Waals surface area contributed by atoms with Gasteiger partial charge in [0, 0.05) is 17.2 Å². The molecule has 2 N–H and O–H groups in total. The first kappa shape index (κ1) is 24.5. The van der Waals surface area contributed by atoms with E-state index in [1.807, 2.05) is 49.4 Å². The summed E-state index contributed by atoms with van der Waals surface area (Å²) in [4.78, 5) is 17.2. The third kappa shape index (κ3) is 4.30. The Bertz CT molecular complexity index is 1280. The monoisotopic (exact) mass is 494 g/mol. The van der Waals surface area contributed by atoms with Crippen LogP contribution in [0.2, 0.25) is 0 Å². The number of nitrogens with zero attached hydrogens (tertiary/aromatic N) is 1. The van der Waals surface area contributed by atoms with Crippen LogP contribution in [0.4, 0.5) is 18.9 Å². The number of carbonyl (C=O) groups is 1. The molecule has 2 aliphatic carbocycles. The molecule has 4 nitrogen and oxygen atoms in total. The molecule has 1 saturated carbocycles. The Morgan fingerprint density at radius 1 is 1.11 bits per heavy atom. The zero-order valence-corrected chi connectivity index (χ0v) is 20.1. The van der Waals surface area contributed by atoms with Gasteiger partial charge in [0.2, 0.25) is 0 Å². The van der Waals surface area contributed by atoms with Crippen molar-refractivity contribution < 1.29 is 23.1 Å². The Hall–Kier alpha value is -3.19. The maximum atomic E-state index is 13.8. The number of aromatic nitrogens is 1. The number of carbonyl (C=O) groups excluding carboxylic acids is 1. The molecule has 3 atom stereocenters. The summed E-state index contributed by atoms with van der Waals surface area (Å²) in [6.45, 7) is 1.82. The summed E-state index contributed by atoms with van der Waals surface area (Å²) in [6.07, 6.45) is -1.69. The molecule has 7 heteroatoms. The van der Waals surface area contributed by atoms with Crippen molar-refractivity contribution in [3.8, 4) is 0 Å². The highest BCUT2D eigenvalue weighted by molar-refractivity contribution is 6.04. The molecule has 3 unspecified atom stereocenters. The molecule has 1 amide bonds. The number of anilines is 1. The summed E-state index contributed by atoms with van der Waals surface area (Å²) < 4.78 is 41.3. The Morgan fingerprint density at radius 2 is 1.89 bits per heavy atom. The van der Waals surface area contributed by atoms with Crippen LogP contribution in [0.3, 0.4) is 0 Å². The third-order valence-electron chi connectivity index (χ3n) is 8.16. The number of benzene rings is 2. The molecule has 3 aromatic rings. The van der Waals surface area contributed by atoms with Gasteiger partial charge in [-0.05, 0) is 92.3 Å². The average Bonchev–Trinajstić information content (AvgIpc) is 2.85. The lowest BCUT2D eigenvalue weighted by Crippen LogP contribution is -2.56. The Labute approximate surface area is 208 Å². The molecule has 1 aromatic heterocycles. The van der Waals surface area contributed by atoms with Gasteiger partial charge in [-0.1, -0.05) is 36.4 Å². The number of aliphatic hydroxyl groups is 1. The summed E-state index contributed by atoms with van der Waals surface area (Å²) >= 11 is 0. The standard InChI is InChI=1S/C29H29F3N2O2/c1-19-25(8-5-15-33-19)34-26(35)22-10-12-24-21(16-22)9-11-23-18-28(36,29(30,31)32)14-13-27(23,24)17-20-6-3-2-4-7-20/h2-8,10,12,15-16,23,36H,9,11,13-14,17-18H2,1H3,(H,34,35). The summed E-state index contributed by atoms with van der Waals surface area (Å²) in [5.74, 6) is -0.563. The van der Waals surface area contributed by atoms with Crippen LogP contribution in [0.25, 0.3) is 0 Å². The third-order valence-corrected chi connectivity index (χ3v) is 8.16. The largest absolute Gasteiger partial charge is 0.417 e. The zero-order valence-electron chi connectivity index (χ0n) is 20.1. The highest BCUT2D eigenvalue weighted by Crippen LogP contribution is 2.57. The van der Waals surface area contributed by atoms with Crippen molar-refractivity contribution in [2.45, 2.75) is 62.6 Å². The second-order valence-electron chi connectivity index (χ2n) is 10.3. The number of halogens is 3. The lowest BCUT2D eigenvalue weighted by atomic mass is 9.52.